The Bertz CT molecular complexity index is 122. The molecular formula is C9H21N3. The summed E-state index contributed by atoms with van der Waals surface area (Å²) >= 11 is 0. The van der Waals surface area contributed by atoms with Gasteiger partial charge in [-0.15, -0.1) is 0 Å². The van der Waals surface area contributed by atoms with Crippen LogP contribution in [0.5, 0.6) is 0 Å². The predicted molar refractivity (Wildman–Crippen MR) is 51.9 cm³/mol. The van der Waals surface area contributed by atoms with Crippen LogP contribution < -0.4 is 16.8 Å². The molecule has 1 rings (SSSR count). The highest BCUT2D eigenvalue weighted by Gasteiger charge is 2.29. The zero-order valence-corrected chi connectivity index (χ0v) is 7.97. The smallest absolute Gasteiger partial charge is 0.0167 e. The van der Waals surface area contributed by atoms with Crippen molar-refractivity contribution in [2.45, 2.75) is 43.7 Å². The van der Waals surface area contributed by atoms with Crippen LogP contribution >= 0.6 is 0 Å². The van der Waals surface area contributed by atoms with E-state index in [9.17, 15) is 0 Å². The summed E-state index contributed by atoms with van der Waals surface area (Å²) < 4.78 is 0. The second-order valence-electron chi connectivity index (χ2n) is 4.05. The Morgan fingerprint density at radius 2 is 2.00 bits per heavy atom. The molecule has 0 aromatic rings. The third kappa shape index (κ3) is 2.73. The Hall–Kier alpha value is -0.120. The molecule has 0 spiro atoms. The molecule has 72 valence electrons. The van der Waals surface area contributed by atoms with Gasteiger partial charge in [0.25, 0.3) is 0 Å². The van der Waals surface area contributed by atoms with Gasteiger partial charge in [0.15, 0.2) is 0 Å². The first-order valence-electron chi connectivity index (χ1n) is 4.85. The van der Waals surface area contributed by atoms with Gasteiger partial charge < -0.3 is 16.8 Å². The summed E-state index contributed by atoms with van der Waals surface area (Å²) in [7, 11) is 1.97. The molecule has 3 heteroatoms. The average Bonchev–Trinajstić information content (AvgIpc) is 2.08. The maximum Gasteiger partial charge on any atom is 0.0167 e. The van der Waals surface area contributed by atoms with Crippen molar-refractivity contribution in [2.75, 3.05) is 13.6 Å². The maximum absolute atomic E-state index is 6.21. The lowest BCUT2D eigenvalue weighted by molar-refractivity contribution is 0.257. The van der Waals surface area contributed by atoms with E-state index < -0.39 is 0 Å². The van der Waals surface area contributed by atoms with Crippen LogP contribution in [0.4, 0.5) is 0 Å². The van der Waals surface area contributed by atoms with Crippen molar-refractivity contribution in [3.05, 3.63) is 0 Å². The molecule has 0 bridgehead atoms. The third-order valence-electron chi connectivity index (χ3n) is 2.90. The summed E-state index contributed by atoms with van der Waals surface area (Å²) in [6, 6.07) is 0.399. The van der Waals surface area contributed by atoms with Gasteiger partial charge in [0.2, 0.25) is 0 Å². The molecule has 0 aromatic carbocycles. The Kier molecular flexibility index (Phi) is 3.50. The standard InChI is InChI=1S/C9H21N3/c1-12-7-6-9(11)4-2-8(10)3-5-9/h8,12H,2-7,10-11H2,1H3. The molecule has 5 N–H and O–H groups in total. The first-order chi connectivity index (χ1) is 5.66. The molecule has 1 aliphatic rings. The van der Waals surface area contributed by atoms with E-state index in [1.807, 2.05) is 7.05 Å². The van der Waals surface area contributed by atoms with Crippen LogP contribution in [0.1, 0.15) is 32.1 Å². The molecule has 1 aliphatic carbocycles. The molecule has 12 heavy (non-hydrogen) atoms. The van der Waals surface area contributed by atoms with Crippen molar-refractivity contribution < 1.29 is 0 Å². The molecule has 0 saturated heterocycles. The molecule has 1 saturated carbocycles. The van der Waals surface area contributed by atoms with Gasteiger partial charge in [-0.3, -0.25) is 0 Å². The van der Waals surface area contributed by atoms with Crippen LogP contribution in [0.2, 0.25) is 0 Å². The van der Waals surface area contributed by atoms with Crippen molar-refractivity contribution >= 4 is 0 Å². The topological polar surface area (TPSA) is 64.1 Å². The maximum atomic E-state index is 6.21. The normalized spacial score (nSPS) is 36.8. The highest BCUT2D eigenvalue weighted by Crippen LogP contribution is 2.27. The number of hydrogen-bond acceptors (Lipinski definition) is 3. The first kappa shape index (κ1) is 9.96. The highest BCUT2D eigenvalue weighted by atomic mass is 14.8. The van der Waals surface area contributed by atoms with Gasteiger partial charge in [-0.05, 0) is 45.7 Å². The molecule has 0 amide bonds. The Balaban J connectivity index is 2.29. The minimum absolute atomic E-state index is 0.0683. The molecule has 0 aromatic heterocycles. The molecule has 0 aliphatic heterocycles. The van der Waals surface area contributed by atoms with Gasteiger partial charge in [0.05, 0.1) is 0 Å². The summed E-state index contributed by atoms with van der Waals surface area (Å²) in [5, 5.41) is 3.14. The third-order valence-corrected chi connectivity index (χ3v) is 2.90. The SMILES string of the molecule is CNCCC1(N)CCC(N)CC1. The number of hydrogen-bond donors (Lipinski definition) is 3. The van der Waals surface area contributed by atoms with Gasteiger partial charge in [0.1, 0.15) is 0 Å². The summed E-state index contributed by atoms with van der Waals surface area (Å²) in [4.78, 5) is 0. The van der Waals surface area contributed by atoms with Crippen molar-refractivity contribution in [3.63, 3.8) is 0 Å². The van der Waals surface area contributed by atoms with Gasteiger partial charge in [0, 0.05) is 11.6 Å². The van der Waals surface area contributed by atoms with Crippen LogP contribution in [0, 0.1) is 0 Å². The highest BCUT2D eigenvalue weighted by molar-refractivity contribution is 4.91. The fraction of sp³-hybridized carbons (Fsp3) is 1.00. The van der Waals surface area contributed by atoms with E-state index in [-0.39, 0.29) is 5.54 Å². The number of nitrogens with two attached hydrogens (primary N) is 2. The van der Waals surface area contributed by atoms with Crippen LogP contribution in [-0.2, 0) is 0 Å². The van der Waals surface area contributed by atoms with E-state index >= 15 is 0 Å². The van der Waals surface area contributed by atoms with E-state index in [0.29, 0.717) is 6.04 Å². The van der Waals surface area contributed by atoms with E-state index in [1.54, 1.807) is 0 Å². The lowest BCUT2D eigenvalue weighted by atomic mass is 9.78. The zero-order valence-electron chi connectivity index (χ0n) is 7.97. The molecular weight excluding hydrogens is 150 g/mol. The largest absolute Gasteiger partial charge is 0.328 e. The first-order valence-corrected chi connectivity index (χ1v) is 4.85. The van der Waals surface area contributed by atoms with Crippen molar-refractivity contribution in [3.8, 4) is 0 Å². The monoisotopic (exact) mass is 171 g/mol. The Morgan fingerprint density at radius 1 is 1.42 bits per heavy atom. The molecule has 0 radical (unpaired) electrons. The van der Waals surface area contributed by atoms with E-state index in [2.05, 4.69) is 5.32 Å². The summed E-state index contributed by atoms with van der Waals surface area (Å²) in [5.41, 5.74) is 12.1. The minimum atomic E-state index is 0.0683. The fourth-order valence-electron chi connectivity index (χ4n) is 1.84. The van der Waals surface area contributed by atoms with Crippen molar-refractivity contribution in [1.82, 2.24) is 5.32 Å². The molecule has 1 fully saturated rings. The second-order valence-corrected chi connectivity index (χ2v) is 4.05. The van der Waals surface area contributed by atoms with Gasteiger partial charge in [-0.1, -0.05) is 0 Å². The molecule has 3 nitrogen and oxygen atoms in total. The fourth-order valence-corrected chi connectivity index (χ4v) is 1.84. The summed E-state index contributed by atoms with van der Waals surface area (Å²) in [6.07, 6.45) is 5.46. The Labute approximate surface area is 74.9 Å². The minimum Gasteiger partial charge on any atom is -0.328 e. The van der Waals surface area contributed by atoms with Crippen molar-refractivity contribution in [2.24, 2.45) is 11.5 Å². The van der Waals surface area contributed by atoms with E-state index in [1.165, 1.54) is 0 Å². The molecule has 0 heterocycles. The second kappa shape index (κ2) is 4.21. The predicted octanol–water partition coefficient (Wildman–Crippen LogP) is 0.195. The van der Waals surface area contributed by atoms with Crippen LogP contribution in [0.3, 0.4) is 0 Å². The van der Waals surface area contributed by atoms with Crippen LogP contribution in [0.15, 0.2) is 0 Å². The van der Waals surface area contributed by atoms with Crippen LogP contribution in [-0.4, -0.2) is 25.2 Å². The van der Waals surface area contributed by atoms with E-state index in [0.717, 1.165) is 38.6 Å². The van der Waals surface area contributed by atoms with Crippen molar-refractivity contribution in [1.29, 1.82) is 0 Å². The summed E-state index contributed by atoms with van der Waals surface area (Å²) in [6.45, 7) is 1.02. The van der Waals surface area contributed by atoms with E-state index in [4.69, 9.17) is 11.5 Å². The molecule has 0 atom stereocenters. The van der Waals surface area contributed by atoms with Gasteiger partial charge in [-0.25, -0.2) is 0 Å². The van der Waals surface area contributed by atoms with Gasteiger partial charge in [-0.2, -0.15) is 0 Å². The number of nitrogens with one attached hydrogen (secondary N) is 1. The van der Waals surface area contributed by atoms with Crippen LogP contribution in [0.25, 0.3) is 0 Å². The molecule has 0 unspecified atom stereocenters. The lowest BCUT2D eigenvalue weighted by Crippen LogP contribution is -2.47. The average molecular weight is 171 g/mol. The summed E-state index contributed by atoms with van der Waals surface area (Å²) in [5.74, 6) is 0. The lowest BCUT2D eigenvalue weighted by Gasteiger charge is -2.36. The number of rotatable bonds is 3. The quantitative estimate of drug-likeness (QED) is 0.568. The Morgan fingerprint density at radius 3 is 2.50 bits per heavy atom. The zero-order chi connectivity index (χ0) is 9.03. The van der Waals surface area contributed by atoms with Gasteiger partial charge >= 0.3 is 0 Å².